The van der Waals surface area contributed by atoms with E-state index in [0.717, 1.165) is 19.4 Å². The highest BCUT2D eigenvalue weighted by molar-refractivity contribution is 6.07. The predicted octanol–water partition coefficient (Wildman–Crippen LogP) is 3.56. The van der Waals surface area contributed by atoms with Crippen molar-refractivity contribution in [2.75, 3.05) is 24.3 Å². The number of ether oxygens (including phenoxy) is 1. The third kappa shape index (κ3) is 5.62. The van der Waals surface area contributed by atoms with Crippen LogP contribution in [0.3, 0.4) is 0 Å². The second-order valence-corrected chi connectivity index (χ2v) is 6.30. The maximum Gasteiger partial charge on any atom is 0.339 e. The minimum Gasteiger partial charge on any atom is -0.465 e. The molecular formula is C22H22N4O3. The molecule has 0 aliphatic heterocycles. The SMILES string of the molecule is COC(=O)c1ccccc1NC(=O)c1cc(NCCCc2ccccc2)ncn1. The summed E-state index contributed by atoms with van der Waals surface area (Å²) >= 11 is 0. The zero-order chi connectivity index (χ0) is 20.5. The maximum atomic E-state index is 12.6. The maximum absolute atomic E-state index is 12.6. The molecule has 0 aliphatic carbocycles. The molecular weight excluding hydrogens is 368 g/mol. The number of amides is 1. The van der Waals surface area contributed by atoms with Gasteiger partial charge in [-0.15, -0.1) is 0 Å². The molecule has 0 spiro atoms. The molecule has 0 saturated heterocycles. The smallest absolute Gasteiger partial charge is 0.339 e. The second kappa shape index (κ2) is 9.98. The quantitative estimate of drug-likeness (QED) is 0.451. The molecule has 1 amide bonds. The number of aryl methyl sites for hydroxylation is 1. The number of anilines is 2. The lowest BCUT2D eigenvalue weighted by Gasteiger charge is -2.10. The Bertz CT molecular complexity index is 977. The van der Waals surface area contributed by atoms with Gasteiger partial charge in [0.2, 0.25) is 0 Å². The first-order valence-electron chi connectivity index (χ1n) is 9.26. The van der Waals surface area contributed by atoms with Crippen molar-refractivity contribution in [1.29, 1.82) is 0 Å². The van der Waals surface area contributed by atoms with Crippen LogP contribution in [0.15, 0.2) is 67.0 Å². The van der Waals surface area contributed by atoms with Crippen molar-refractivity contribution in [3.8, 4) is 0 Å². The number of para-hydroxylation sites is 1. The van der Waals surface area contributed by atoms with E-state index in [-0.39, 0.29) is 11.3 Å². The molecule has 0 aliphatic rings. The Balaban J connectivity index is 1.59. The van der Waals surface area contributed by atoms with Gasteiger partial charge in [0.15, 0.2) is 0 Å². The molecule has 0 fully saturated rings. The number of hydrogen-bond donors (Lipinski definition) is 2. The molecule has 3 rings (SSSR count). The van der Waals surface area contributed by atoms with E-state index in [2.05, 4.69) is 32.7 Å². The van der Waals surface area contributed by atoms with Crippen LogP contribution in [0.1, 0.15) is 32.8 Å². The molecule has 0 radical (unpaired) electrons. The summed E-state index contributed by atoms with van der Waals surface area (Å²) in [5.41, 5.74) is 2.11. The van der Waals surface area contributed by atoms with Crippen LogP contribution in [-0.2, 0) is 11.2 Å². The summed E-state index contributed by atoms with van der Waals surface area (Å²) in [4.78, 5) is 32.6. The Morgan fingerprint density at radius 2 is 1.76 bits per heavy atom. The number of nitrogens with zero attached hydrogens (tertiary/aromatic N) is 2. The molecule has 7 nitrogen and oxygen atoms in total. The summed E-state index contributed by atoms with van der Waals surface area (Å²) in [7, 11) is 1.29. The van der Waals surface area contributed by atoms with E-state index in [4.69, 9.17) is 4.74 Å². The molecule has 2 aromatic carbocycles. The molecule has 1 heterocycles. The molecule has 29 heavy (non-hydrogen) atoms. The lowest BCUT2D eigenvalue weighted by Crippen LogP contribution is -2.17. The zero-order valence-electron chi connectivity index (χ0n) is 16.1. The minimum atomic E-state index is -0.524. The number of nitrogens with one attached hydrogen (secondary N) is 2. The monoisotopic (exact) mass is 390 g/mol. The topological polar surface area (TPSA) is 93.2 Å². The molecule has 0 saturated carbocycles. The predicted molar refractivity (Wildman–Crippen MR) is 111 cm³/mol. The summed E-state index contributed by atoms with van der Waals surface area (Å²) in [6, 6.07) is 18.5. The Morgan fingerprint density at radius 3 is 2.55 bits per heavy atom. The van der Waals surface area contributed by atoms with E-state index in [9.17, 15) is 9.59 Å². The van der Waals surface area contributed by atoms with E-state index < -0.39 is 11.9 Å². The number of hydrogen-bond acceptors (Lipinski definition) is 6. The lowest BCUT2D eigenvalue weighted by atomic mass is 10.1. The van der Waals surface area contributed by atoms with E-state index >= 15 is 0 Å². The number of benzene rings is 2. The molecule has 3 aromatic rings. The van der Waals surface area contributed by atoms with Crippen molar-refractivity contribution in [2.45, 2.75) is 12.8 Å². The number of carbonyl (C=O) groups excluding carboxylic acids is 2. The van der Waals surface area contributed by atoms with Gasteiger partial charge in [0.05, 0.1) is 18.4 Å². The van der Waals surface area contributed by atoms with E-state index in [1.807, 2.05) is 18.2 Å². The summed E-state index contributed by atoms with van der Waals surface area (Å²) in [5, 5.41) is 5.91. The second-order valence-electron chi connectivity index (χ2n) is 6.30. The highest BCUT2D eigenvalue weighted by Gasteiger charge is 2.15. The van der Waals surface area contributed by atoms with Crippen LogP contribution >= 0.6 is 0 Å². The van der Waals surface area contributed by atoms with Crippen LogP contribution < -0.4 is 10.6 Å². The third-order valence-electron chi connectivity index (χ3n) is 4.27. The number of carbonyl (C=O) groups is 2. The van der Waals surface area contributed by atoms with Crippen molar-refractivity contribution in [3.63, 3.8) is 0 Å². The van der Waals surface area contributed by atoms with Gasteiger partial charge in [0.25, 0.3) is 5.91 Å². The molecule has 148 valence electrons. The van der Waals surface area contributed by atoms with Crippen molar-refractivity contribution in [2.24, 2.45) is 0 Å². The number of methoxy groups -OCH3 is 1. The van der Waals surface area contributed by atoms with Gasteiger partial charge < -0.3 is 15.4 Å². The van der Waals surface area contributed by atoms with Crippen molar-refractivity contribution < 1.29 is 14.3 Å². The molecule has 2 N–H and O–H groups in total. The van der Waals surface area contributed by atoms with Gasteiger partial charge in [0.1, 0.15) is 17.8 Å². The number of esters is 1. The van der Waals surface area contributed by atoms with Gasteiger partial charge in [-0.05, 0) is 30.5 Å². The third-order valence-corrected chi connectivity index (χ3v) is 4.27. The lowest BCUT2D eigenvalue weighted by molar-refractivity contribution is 0.0602. The molecule has 1 aromatic heterocycles. The fourth-order valence-corrected chi connectivity index (χ4v) is 2.80. The van der Waals surface area contributed by atoms with Gasteiger partial charge in [-0.25, -0.2) is 14.8 Å². The highest BCUT2D eigenvalue weighted by atomic mass is 16.5. The summed E-state index contributed by atoms with van der Waals surface area (Å²) < 4.78 is 4.74. The Hall–Kier alpha value is -3.74. The summed E-state index contributed by atoms with van der Waals surface area (Å²) in [6.45, 7) is 0.720. The van der Waals surface area contributed by atoms with Gasteiger partial charge in [-0.1, -0.05) is 42.5 Å². The first kappa shape index (κ1) is 20.0. The van der Waals surface area contributed by atoms with Crippen LogP contribution in [0.5, 0.6) is 0 Å². The molecule has 0 atom stereocenters. The van der Waals surface area contributed by atoms with E-state index in [0.29, 0.717) is 11.5 Å². The van der Waals surface area contributed by atoms with E-state index in [1.54, 1.807) is 30.3 Å². The van der Waals surface area contributed by atoms with Crippen molar-refractivity contribution in [3.05, 3.63) is 83.8 Å². The first-order valence-corrected chi connectivity index (χ1v) is 9.26. The Morgan fingerprint density at radius 1 is 1.00 bits per heavy atom. The summed E-state index contributed by atoms with van der Waals surface area (Å²) in [5.74, 6) is -0.389. The Kier molecular flexibility index (Phi) is 6.89. The molecule has 0 unspecified atom stereocenters. The normalized spacial score (nSPS) is 10.2. The van der Waals surface area contributed by atoms with Gasteiger partial charge >= 0.3 is 5.97 Å². The first-order chi connectivity index (χ1) is 14.2. The largest absolute Gasteiger partial charge is 0.465 e. The molecule has 0 bridgehead atoms. The fraction of sp³-hybridized carbons (Fsp3) is 0.182. The van der Waals surface area contributed by atoms with Gasteiger partial charge in [-0.2, -0.15) is 0 Å². The van der Waals surface area contributed by atoms with Crippen LogP contribution in [-0.4, -0.2) is 35.5 Å². The van der Waals surface area contributed by atoms with Crippen molar-refractivity contribution >= 4 is 23.4 Å². The van der Waals surface area contributed by atoms with E-state index in [1.165, 1.54) is 19.0 Å². The Labute approximate surface area is 169 Å². The van der Waals surface area contributed by atoms with Crippen LogP contribution in [0.25, 0.3) is 0 Å². The van der Waals surface area contributed by atoms with Crippen molar-refractivity contribution in [1.82, 2.24) is 9.97 Å². The van der Waals surface area contributed by atoms with Gasteiger partial charge in [-0.3, -0.25) is 4.79 Å². The average Bonchev–Trinajstić information content (AvgIpc) is 2.77. The average molecular weight is 390 g/mol. The fourth-order valence-electron chi connectivity index (χ4n) is 2.80. The van der Waals surface area contributed by atoms with Gasteiger partial charge in [0, 0.05) is 12.6 Å². The summed E-state index contributed by atoms with van der Waals surface area (Å²) in [6.07, 6.45) is 3.22. The minimum absolute atomic E-state index is 0.199. The van der Waals surface area contributed by atoms with Crippen LogP contribution in [0, 0.1) is 0 Å². The zero-order valence-corrected chi connectivity index (χ0v) is 16.1. The number of rotatable bonds is 8. The highest BCUT2D eigenvalue weighted by Crippen LogP contribution is 2.17. The molecule has 7 heteroatoms. The number of aromatic nitrogens is 2. The van der Waals surface area contributed by atoms with Crippen LogP contribution in [0.2, 0.25) is 0 Å². The standard InChI is InChI=1S/C22H22N4O3/c1-29-22(28)17-11-5-6-12-18(17)26-21(27)19-14-20(25-15-24-19)23-13-7-10-16-8-3-2-4-9-16/h2-6,8-9,11-12,14-15H,7,10,13H2,1H3,(H,26,27)(H,23,24,25). The van der Waals surface area contributed by atoms with Crippen LogP contribution in [0.4, 0.5) is 11.5 Å².